The molecule has 0 aliphatic rings. The number of ether oxygens (including phenoxy) is 2. The third kappa shape index (κ3) is 6.35. The Balaban J connectivity index is 1.86. The third-order valence-corrected chi connectivity index (χ3v) is 4.11. The van der Waals surface area contributed by atoms with Gasteiger partial charge in [0.15, 0.2) is 6.61 Å². The molecule has 0 saturated carbocycles. The summed E-state index contributed by atoms with van der Waals surface area (Å²) in [6, 6.07) is 11.8. The highest BCUT2D eigenvalue weighted by Gasteiger charge is 2.11. The van der Waals surface area contributed by atoms with Gasteiger partial charge in [-0.25, -0.2) is 4.79 Å². The maximum absolute atomic E-state index is 12.0. The van der Waals surface area contributed by atoms with E-state index in [4.69, 9.17) is 14.7 Å². The molecule has 0 heterocycles. The fourth-order valence-corrected chi connectivity index (χ4v) is 2.68. The Morgan fingerprint density at radius 2 is 1.93 bits per heavy atom. The van der Waals surface area contributed by atoms with E-state index in [1.807, 2.05) is 19.2 Å². The Kier molecular flexibility index (Phi) is 7.71. The van der Waals surface area contributed by atoms with Crippen LogP contribution in [0.3, 0.4) is 0 Å². The lowest BCUT2D eigenvalue weighted by Gasteiger charge is -2.10. The quantitative estimate of drug-likeness (QED) is 0.418. The van der Waals surface area contributed by atoms with Crippen LogP contribution in [0.15, 0.2) is 47.4 Å². The van der Waals surface area contributed by atoms with Crippen molar-refractivity contribution in [3.63, 3.8) is 0 Å². The maximum atomic E-state index is 12.0. The van der Waals surface area contributed by atoms with Gasteiger partial charge in [0.2, 0.25) is 0 Å². The van der Waals surface area contributed by atoms with Gasteiger partial charge in [-0.15, -0.1) is 0 Å². The van der Waals surface area contributed by atoms with Crippen molar-refractivity contribution < 1.29 is 19.1 Å². The number of aryl methyl sites for hydroxylation is 1. The Morgan fingerprint density at radius 3 is 2.56 bits per heavy atom. The molecule has 2 aromatic rings. The van der Waals surface area contributed by atoms with E-state index in [1.54, 1.807) is 42.5 Å². The number of thiocyanates is 1. The van der Waals surface area contributed by atoms with E-state index in [-0.39, 0.29) is 6.61 Å². The second-order valence-electron chi connectivity index (χ2n) is 5.67. The third-order valence-electron chi connectivity index (χ3n) is 3.53. The van der Waals surface area contributed by atoms with Crippen LogP contribution in [-0.4, -0.2) is 25.1 Å². The van der Waals surface area contributed by atoms with Gasteiger partial charge in [0.25, 0.3) is 5.91 Å². The summed E-state index contributed by atoms with van der Waals surface area (Å²) in [5.74, 6) is -0.334. The second kappa shape index (κ2) is 10.2. The molecule has 2 rings (SSSR count). The first kappa shape index (κ1) is 20.3. The first-order valence-corrected chi connectivity index (χ1v) is 9.21. The number of thioether (sulfide) groups is 1. The number of hydrogen-bond donors (Lipinski definition) is 1. The maximum Gasteiger partial charge on any atom is 0.338 e. The minimum Gasteiger partial charge on any atom is -0.494 e. The summed E-state index contributed by atoms with van der Waals surface area (Å²) in [7, 11) is 0. The molecule has 7 heteroatoms. The molecule has 0 spiro atoms. The number of amides is 1. The molecule has 0 fully saturated rings. The van der Waals surface area contributed by atoms with Gasteiger partial charge in [-0.05, 0) is 73.1 Å². The number of nitriles is 1. The van der Waals surface area contributed by atoms with Crippen LogP contribution in [0.4, 0.5) is 5.69 Å². The van der Waals surface area contributed by atoms with Crippen LogP contribution in [0.25, 0.3) is 0 Å². The molecule has 1 N–H and O–H groups in total. The second-order valence-corrected chi connectivity index (χ2v) is 6.53. The molecule has 0 atom stereocenters. The number of rotatable bonds is 8. The molecule has 0 saturated heterocycles. The predicted octanol–water partition coefficient (Wildman–Crippen LogP) is 4.15. The summed E-state index contributed by atoms with van der Waals surface area (Å²) in [6.45, 7) is 4.06. The van der Waals surface area contributed by atoms with E-state index >= 15 is 0 Å². The molecular weight excluding hydrogens is 364 g/mol. The minimum absolute atomic E-state index is 0.348. The van der Waals surface area contributed by atoms with Crippen molar-refractivity contribution in [3.8, 4) is 11.2 Å². The SMILES string of the molecule is CCCOc1ccc(C(=O)OCC(=O)Nc2ccc(SC#N)cc2C)cc1. The van der Waals surface area contributed by atoms with Crippen molar-refractivity contribution in [3.05, 3.63) is 53.6 Å². The van der Waals surface area contributed by atoms with Crippen LogP contribution in [-0.2, 0) is 9.53 Å². The molecule has 0 aliphatic carbocycles. The Bertz CT molecular complexity index is 844. The van der Waals surface area contributed by atoms with Crippen LogP contribution >= 0.6 is 11.8 Å². The Labute approximate surface area is 162 Å². The van der Waals surface area contributed by atoms with Gasteiger partial charge in [0.1, 0.15) is 11.2 Å². The number of benzene rings is 2. The molecule has 27 heavy (non-hydrogen) atoms. The standard InChI is InChI=1S/C20H20N2O4S/c1-3-10-25-16-6-4-15(5-7-16)20(24)26-12-19(23)22-18-9-8-17(27-13-21)11-14(18)2/h4-9,11H,3,10,12H2,1-2H3,(H,22,23). The van der Waals surface area contributed by atoms with Crippen LogP contribution < -0.4 is 10.1 Å². The molecule has 2 aromatic carbocycles. The van der Waals surface area contributed by atoms with Gasteiger partial charge in [0, 0.05) is 10.6 Å². The number of nitrogens with one attached hydrogen (secondary N) is 1. The fourth-order valence-electron chi connectivity index (χ4n) is 2.20. The average Bonchev–Trinajstić information content (AvgIpc) is 2.67. The van der Waals surface area contributed by atoms with E-state index in [0.717, 1.165) is 28.6 Å². The molecule has 0 aromatic heterocycles. The first-order valence-electron chi connectivity index (χ1n) is 8.40. The summed E-state index contributed by atoms with van der Waals surface area (Å²) in [4.78, 5) is 24.8. The molecule has 6 nitrogen and oxygen atoms in total. The summed E-state index contributed by atoms with van der Waals surface area (Å²) in [6.07, 6.45) is 0.901. The van der Waals surface area contributed by atoms with Gasteiger partial charge >= 0.3 is 5.97 Å². The van der Waals surface area contributed by atoms with Crippen LogP contribution in [0, 0.1) is 17.6 Å². The highest BCUT2D eigenvalue weighted by molar-refractivity contribution is 8.03. The lowest BCUT2D eigenvalue weighted by atomic mass is 10.2. The molecule has 0 radical (unpaired) electrons. The van der Waals surface area contributed by atoms with Crippen molar-refractivity contribution in [1.82, 2.24) is 0 Å². The number of nitrogens with zero attached hydrogens (tertiary/aromatic N) is 1. The van der Waals surface area contributed by atoms with Crippen molar-refractivity contribution in [2.24, 2.45) is 0 Å². The largest absolute Gasteiger partial charge is 0.494 e. The Hall–Kier alpha value is -2.98. The number of hydrogen-bond acceptors (Lipinski definition) is 6. The van der Waals surface area contributed by atoms with E-state index in [2.05, 4.69) is 5.32 Å². The van der Waals surface area contributed by atoms with E-state index in [1.165, 1.54) is 0 Å². The Morgan fingerprint density at radius 1 is 1.19 bits per heavy atom. The number of carbonyl (C=O) groups is 2. The molecule has 0 unspecified atom stereocenters. The van der Waals surface area contributed by atoms with E-state index < -0.39 is 11.9 Å². The molecular formula is C20H20N2O4S. The summed E-state index contributed by atoms with van der Waals surface area (Å²) < 4.78 is 10.5. The number of anilines is 1. The van der Waals surface area contributed by atoms with Crippen molar-refractivity contribution in [2.45, 2.75) is 25.2 Å². The highest BCUT2D eigenvalue weighted by atomic mass is 32.2. The molecule has 0 bridgehead atoms. The number of esters is 1. The average molecular weight is 384 g/mol. The van der Waals surface area contributed by atoms with E-state index in [9.17, 15) is 9.59 Å². The monoisotopic (exact) mass is 384 g/mol. The fraction of sp³-hybridized carbons (Fsp3) is 0.250. The first-order chi connectivity index (χ1) is 13.0. The summed E-state index contributed by atoms with van der Waals surface area (Å²) in [5, 5.41) is 13.4. The predicted molar refractivity (Wildman–Crippen MR) is 104 cm³/mol. The topological polar surface area (TPSA) is 88.4 Å². The van der Waals surface area contributed by atoms with Gasteiger partial charge < -0.3 is 14.8 Å². The van der Waals surface area contributed by atoms with Gasteiger partial charge in [-0.2, -0.15) is 5.26 Å². The lowest BCUT2D eigenvalue weighted by Crippen LogP contribution is -2.21. The van der Waals surface area contributed by atoms with Crippen molar-refractivity contribution in [2.75, 3.05) is 18.5 Å². The normalized spacial score (nSPS) is 9.96. The van der Waals surface area contributed by atoms with Crippen molar-refractivity contribution in [1.29, 1.82) is 5.26 Å². The zero-order chi connectivity index (χ0) is 19.6. The molecule has 0 aliphatic heterocycles. The van der Waals surface area contributed by atoms with Crippen molar-refractivity contribution >= 4 is 29.3 Å². The van der Waals surface area contributed by atoms with Crippen LogP contribution in [0.2, 0.25) is 0 Å². The summed E-state index contributed by atoms with van der Waals surface area (Å²) >= 11 is 1.05. The molecule has 1 amide bonds. The molecule has 140 valence electrons. The summed E-state index contributed by atoms with van der Waals surface area (Å²) in [5.41, 5.74) is 1.77. The van der Waals surface area contributed by atoms with E-state index in [0.29, 0.717) is 23.6 Å². The van der Waals surface area contributed by atoms with Crippen LogP contribution in [0.1, 0.15) is 29.3 Å². The zero-order valence-electron chi connectivity index (χ0n) is 15.2. The van der Waals surface area contributed by atoms with Gasteiger partial charge in [-0.1, -0.05) is 6.92 Å². The minimum atomic E-state index is -0.579. The smallest absolute Gasteiger partial charge is 0.338 e. The zero-order valence-corrected chi connectivity index (χ0v) is 16.0. The van der Waals surface area contributed by atoms with Gasteiger partial charge in [-0.3, -0.25) is 4.79 Å². The lowest BCUT2D eigenvalue weighted by molar-refractivity contribution is -0.119. The highest BCUT2D eigenvalue weighted by Crippen LogP contribution is 2.23. The van der Waals surface area contributed by atoms with Crippen LogP contribution in [0.5, 0.6) is 5.75 Å². The number of carbonyl (C=O) groups excluding carboxylic acids is 2. The van der Waals surface area contributed by atoms with Gasteiger partial charge in [0.05, 0.1) is 12.2 Å².